The maximum atomic E-state index is 5.82. The summed E-state index contributed by atoms with van der Waals surface area (Å²) in [7, 11) is 0. The van der Waals surface area contributed by atoms with E-state index in [1.165, 1.54) is 25.9 Å². The van der Waals surface area contributed by atoms with Crippen LogP contribution in [0.4, 0.5) is 0 Å². The van der Waals surface area contributed by atoms with Gasteiger partial charge in [-0.2, -0.15) is 0 Å². The first-order chi connectivity index (χ1) is 9.70. The summed E-state index contributed by atoms with van der Waals surface area (Å²) < 4.78 is 5.82. The Morgan fingerprint density at radius 2 is 2.25 bits per heavy atom. The molecule has 3 nitrogen and oxygen atoms in total. The van der Waals surface area contributed by atoms with Crippen LogP contribution in [0.25, 0.3) is 0 Å². The van der Waals surface area contributed by atoms with Crippen molar-refractivity contribution >= 4 is 17.2 Å². The highest BCUT2D eigenvalue weighted by Crippen LogP contribution is 2.20. The minimum Gasteiger partial charge on any atom is -0.493 e. The highest BCUT2D eigenvalue weighted by molar-refractivity contribution is 7.80. The first-order valence-electron chi connectivity index (χ1n) is 7.44. The Hall–Kier alpha value is -1.13. The average Bonchev–Trinajstić information content (AvgIpc) is 2.92. The van der Waals surface area contributed by atoms with Crippen molar-refractivity contribution in [1.82, 2.24) is 4.90 Å². The van der Waals surface area contributed by atoms with E-state index in [9.17, 15) is 0 Å². The molecule has 1 atom stereocenters. The van der Waals surface area contributed by atoms with E-state index in [-0.39, 0.29) is 0 Å². The smallest absolute Gasteiger partial charge is 0.129 e. The highest BCUT2D eigenvalue weighted by atomic mass is 32.1. The van der Waals surface area contributed by atoms with Gasteiger partial charge in [-0.3, -0.25) is 0 Å². The van der Waals surface area contributed by atoms with Gasteiger partial charge in [-0.05, 0) is 37.4 Å². The molecule has 0 amide bonds. The second-order valence-corrected chi connectivity index (χ2v) is 5.87. The molecule has 1 aliphatic rings. The summed E-state index contributed by atoms with van der Waals surface area (Å²) in [5.74, 6) is 1.69. The van der Waals surface area contributed by atoms with Gasteiger partial charge in [0.2, 0.25) is 0 Å². The molecule has 1 unspecified atom stereocenters. The Morgan fingerprint density at radius 3 is 2.95 bits per heavy atom. The van der Waals surface area contributed by atoms with Crippen LogP contribution in [-0.4, -0.2) is 36.1 Å². The van der Waals surface area contributed by atoms with Crippen LogP contribution in [0.15, 0.2) is 24.3 Å². The number of hydrogen-bond donors (Lipinski definition) is 1. The standard InChI is InChI=1S/C16H24N2OS/c1-2-13-8-10-18(12-13)9-5-11-19-15-7-4-3-6-14(15)16(17)20/h3-4,6-7,13H,2,5,8-12H2,1H3,(H2,17,20). The molecule has 20 heavy (non-hydrogen) atoms. The molecule has 1 aromatic rings. The van der Waals surface area contributed by atoms with Gasteiger partial charge >= 0.3 is 0 Å². The van der Waals surface area contributed by atoms with Gasteiger partial charge in [-0.25, -0.2) is 0 Å². The molecule has 2 N–H and O–H groups in total. The SMILES string of the molecule is CCC1CCN(CCCOc2ccccc2C(N)=S)C1. The van der Waals surface area contributed by atoms with Gasteiger partial charge in [0.25, 0.3) is 0 Å². The van der Waals surface area contributed by atoms with Gasteiger partial charge in [0.05, 0.1) is 12.2 Å². The predicted molar refractivity (Wildman–Crippen MR) is 87.3 cm³/mol. The molecule has 0 bridgehead atoms. The van der Waals surface area contributed by atoms with E-state index in [1.807, 2.05) is 24.3 Å². The van der Waals surface area contributed by atoms with Crippen molar-refractivity contribution < 1.29 is 4.74 Å². The highest BCUT2D eigenvalue weighted by Gasteiger charge is 2.20. The summed E-state index contributed by atoms with van der Waals surface area (Å²) in [6.07, 6.45) is 3.69. The molecule has 1 fully saturated rings. The monoisotopic (exact) mass is 292 g/mol. The van der Waals surface area contributed by atoms with Gasteiger partial charge in [0, 0.05) is 13.1 Å². The molecule has 0 aliphatic carbocycles. The van der Waals surface area contributed by atoms with E-state index in [0.717, 1.165) is 30.2 Å². The van der Waals surface area contributed by atoms with Crippen molar-refractivity contribution in [2.24, 2.45) is 11.7 Å². The Balaban J connectivity index is 1.73. The molecule has 0 spiro atoms. The maximum absolute atomic E-state index is 5.82. The van der Waals surface area contributed by atoms with Gasteiger partial charge in [0.1, 0.15) is 10.7 Å². The van der Waals surface area contributed by atoms with Crippen LogP contribution in [0.1, 0.15) is 31.7 Å². The second-order valence-electron chi connectivity index (χ2n) is 5.43. The number of nitrogens with zero attached hydrogens (tertiary/aromatic N) is 1. The Labute approximate surface area is 127 Å². The van der Waals surface area contributed by atoms with Crippen LogP contribution in [-0.2, 0) is 0 Å². The largest absolute Gasteiger partial charge is 0.493 e. The van der Waals surface area contributed by atoms with Crippen LogP contribution in [0, 0.1) is 5.92 Å². The summed E-state index contributed by atoms with van der Waals surface area (Å²) in [6, 6.07) is 7.71. The lowest BCUT2D eigenvalue weighted by Crippen LogP contribution is -2.23. The van der Waals surface area contributed by atoms with E-state index in [1.54, 1.807) is 0 Å². The molecule has 0 aromatic heterocycles. The Kier molecular flexibility index (Phi) is 5.80. The zero-order valence-corrected chi connectivity index (χ0v) is 13.0. The number of rotatable bonds is 7. The minimum absolute atomic E-state index is 0.394. The normalized spacial score (nSPS) is 19.1. The van der Waals surface area contributed by atoms with Crippen molar-refractivity contribution in [2.75, 3.05) is 26.2 Å². The van der Waals surface area contributed by atoms with Crippen LogP contribution >= 0.6 is 12.2 Å². The number of benzene rings is 1. The number of nitrogens with two attached hydrogens (primary N) is 1. The fourth-order valence-corrected chi connectivity index (χ4v) is 2.88. The molecule has 1 aromatic carbocycles. The van der Waals surface area contributed by atoms with Gasteiger partial charge in [0.15, 0.2) is 0 Å². The zero-order valence-electron chi connectivity index (χ0n) is 12.2. The van der Waals surface area contributed by atoms with Crippen molar-refractivity contribution in [1.29, 1.82) is 0 Å². The van der Waals surface area contributed by atoms with Crippen LogP contribution in [0.2, 0.25) is 0 Å². The predicted octanol–water partition coefficient (Wildman–Crippen LogP) is 2.82. The molecule has 1 heterocycles. The van der Waals surface area contributed by atoms with E-state index in [2.05, 4.69) is 11.8 Å². The summed E-state index contributed by atoms with van der Waals surface area (Å²) in [5.41, 5.74) is 6.52. The molecular weight excluding hydrogens is 268 g/mol. The van der Waals surface area contributed by atoms with E-state index >= 15 is 0 Å². The van der Waals surface area contributed by atoms with Gasteiger partial charge in [-0.15, -0.1) is 0 Å². The number of hydrogen-bond acceptors (Lipinski definition) is 3. The van der Waals surface area contributed by atoms with Crippen molar-refractivity contribution in [2.45, 2.75) is 26.2 Å². The van der Waals surface area contributed by atoms with E-state index in [4.69, 9.17) is 22.7 Å². The van der Waals surface area contributed by atoms with Crippen LogP contribution in [0.5, 0.6) is 5.75 Å². The lowest BCUT2D eigenvalue weighted by molar-refractivity contribution is 0.258. The summed E-state index contributed by atoms with van der Waals surface area (Å²) in [6.45, 7) is 6.60. The molecule has 110 valence electrons. The lowest BCUT2D eigenvalue weighted by atomic mass is 10.1. The summed E-state index contributed by atoms with van der Waals surface area (Å²) >= 11 is 5.03. The molecular formula is C16H24N2OS. The third kappa shape index (κ3) is 4.18. The fraction of sp³-hybridized carbons (Fsp3) is 0.562. The first-order valence-corrected chi connectivity index (χ1v) is 7.85. The number of likely N-dealkylation sites (tertiary alicyclic amines) is 1. The van der Waals surface area contributed by atoms with Crippen LogP contribution in [0.3, 0.4) is 0 Å². The van der Waals surface area contributed by atoms with Gasteiger partial charge < -0.3 is 15.4 Å². The summed E-state index contributed by atoms with van der Waals surface area (Å²) in [4.78, 5) is 2.93. The Morgan fingerprint density at radius 1 is 1.45 bits per heavy atom. The van der Waals surface area contributed by atoms with E-state index < -0.39 is 0 Å². The fourth-order valence-electron chi connectivity index (χ4n) is 2.72. The maximum Gasteiger partial charge on any atom is 0.129 e. The van der Waals surface area contributed by atoms with Crippen molar-refractivity contribution in [3.63, 3.8) is 0 Å². The zero-order chi connectivity index (χ0) is 14.4. The molecule has 0 saturated carbocycles. The molecule has 2 rings (SSSR count). The number of thiocarbonyl (C=S) groups is 1. The molecule has 4 heteroatoms. The number of para-hydroxylation sites is 1. The number of ether oxygens (including phenoxy) is 1. The average molecular weight is 292 g/mol. The Bertz CT molecular complexity index is 450. The van der Waals surface area contributed by atoms with Crippen LogP contribution < -0.4 is 10.5 Å². The van der Waals surface area contributed by atoms with Crippen molar-refractivity contribution in [3.8, 4) is 5.75 Å². The third-order valence-corrected chi connectivity index (χ3v) is 4.20. The van der Waals surface area contributed by atoms with Gasteiger partial charge in [-0.1, -0.05) is 37.7 Å². The molecule has 1 saturated heterocycles. The quantitative estimate of drug-likeness (QED) is 0.619. The minimum atomic E-state index is 0.394. The summed E-state index contributed by atoms with van der Waals surface area (Å²) in [5, 5.41) is 0. The lowest BCUT2D eigenvalue weighted by Gasteiger charge is -2.16. The molecule has 0 radical (unpaired) electrons. The topological polar surface area (TPSA) is 38.5 Å². The second kappa shape index (κ2) is 7.60. The molecule has 1 aliphatic heterocycles. The van der Waals surface area contributed by atoms with Crippen molar-refractivity contribution in [3.05, 3.63) is 29.8 Å². The van der Waals surface area contributed by atoms with E-state index in [0.29, 0.717) is 11.6 Å². The first kappa shape index (κ1) is 15.3. The third-order valence-electron chi connectivity index (χ3n) is 3.98.